The van der Waals surface area contributed by atoms with Crippen molar-refractivity contribution in [1.82, 2.24) is 9.97 Å². The maximum absolute atomic E-state index is 5.52. The molecule has 2 aromatic rings. The molecule has 1 aromatic heterocycles. The second kappa shape index (κ2) is 5.87. The van der Waals surface area contributed by atoms with Crippen molar-refractivity contribution in [1.29, 1.82) is 0 Å². The fourth-order valence-corrected chi connectivity index (χ4v) is 2.22. The highest BCUT2D eigenvalue weighted by atomic mass is 15.1. The zero-order valence-corrected chi connectivity index (χ0v) is 11.2. The van der Waals surface area contributed by atoms with E-state index in [1.807, 2.05) is 0 Å². The third kappa shape index (κ3) is 2.64. The maximum Gasteiger partial charge on any atom is 0.107 e. The summed E-state index contributed by atoms with van der Waals surface area (Å²) >= 11 is 0. The lowest BCUT2D eigenvalue weighted by molar-refractivity contribution is 0.796. The molecule has 0 aliphatic heterocycles. The van der Waals surface area contributed by atoms with Crippen LogP contribution in [0.3, 0.4) is 0 Å². The number of aromatic amines is 1. The van der Waals surface area contributed by atoms with E-state index in [-0.39, 0.29) is 0 Å². The maximum atomic E-state index is 5.52. The minimum atomic E-state index is 0.710. The zero-order valence-electron chi connectivity index (χ0n) is 11.2. The number of hydrogen-bond donors (Lipinski definition) is 2. The Morgan fingerprint density at radius 1 is 1.28 bits per heavy atom. The van der Waals surface area contributed by atoms with E-state index in [4.69, 9.17) is 5.73 Å². The van der Waals surface area contributed by atoms with E-state index < -0.39 is 0 Å². The summed E-state index contributed by atoms with van der Waals surface area (Å²) in [5.74, 6) is 1.03. The van der Waals surface area contributed by atoms with Gasteiger partial charge in [-0.2, -0.15) is 0 Å². The lowest BCUT2D eigenvalue weighted by atomic mass is 10.2. The van der Waals surface area contributed by atoms with Crippen LogP contribution in [-0.4, -0.2) is 29.6 Å². The van der Waals surface area contributed by atoms with E-state index >= 15 is 0 Å². The smallest absolute Gasteiger partial charge is 0.107 e. The van der Waals surface area contributed by atoms with E-state index in [1.165, 1.54) is 5.69 Å². The third-order valence-corrected chi connectivity index (χ3v) is 3.26. The van der Waals surface area contributed by atoms with Gasteiger partial charge in [-0.1, -0.05) is 0 Å². The van der Waals surface area contributed by atoms with Crippen LogP contribution in [0, 0.1) is 0 Å². The van der Waals surface area contributed by atoms with Crippen LogP contribution in [0.4, 0.5) is 5.69 Å². The molecule has 0 unspecified atom stereocenters. The molecule has 0 saturated heterocycles. The molecule has 18 heavy (non-hydrogen) atoms. The number of imidazole rings is 1. The summed E-state index contributed by atoms with van der Waals surface area (Å²) in [6, 6.07) is 6.41. The number of fused-ring (bicyclic) bond motifs is 1. The largest absolute Gasteiger partial charge is 0.372 e. The zero-order chi connectivity index (χ0) is 13.0. The molecule has 0 aliphatic rings. The first kappa shape index (κ1) is 12.9. The molecule has 0 saturated carbocycles. The first-order valence-electron chi connectivity index (χ1n) is 6.72. The van der Waals surface area contributed by atoms with E-state index in [9.17, 15) is 0 Å². The number of benzene rings is 1. The van der Waals surface area contributed by atoms with Crippen molar-refractivity contribution in [3.05, 3.63) is 24.0 Å². The summed E-state index contributed by atoms with van der Waals surface area (Å²) in [7, 11) is 0. The van der Waals surface area contributed by atoms with Gasteiger partial charge in [-0.3, -0.25) is 0 Å². The number of nitrogens with two attached hydrogens (primary N) is 1. The molecular weight excluding hydrogens is 224 g/mol. The number of nitrogens with one attached hydrogen (secondary N) is 1. The van der Waals surface area contributed by atoms with Gasteiger partial charge in [0.2, 0.25) is 0 Å². The van der Waals surface area contributed by atoms with Crippen LogP contribution in [-0.2, 0) is 6.42 Å². The predicted molar refractivity (Wildman–Crippen MR) is 77.0 cm³/mol. The van der Waals surface area contributed by atoms with Crippen molar-refractivity contribution in [3.63, 3.8) is 0 Å². The van der Waals surface area contributed by atoms with Crippen LogP contribution in [0.1, 0.15) is 26.1 Å². The topological polar surface area (TPSA) is 57.9 Å². The Morgan fingerprint density at radius 2 is 2.06 bits per heavy atom. The standard InChI is InChI=1S/C14H22N4/c1-3-18(4-2)11-7-8-12-13(10-11)17-14(16-12)6-5-9-15/h7-8,10H,3-6,9,15H2,1-2H3,(H,16,17). The predicted octanol–water partition coefficient (Wildman–Crippen LogP) is 2.30. The normalized spacial score (nSPS) is 11.1. The van der Waals surface area contributed by atoms with Gasteiger partial charge in [0.05, 0.1) is 11.0 Å². The van der Waals surface area contributed by atoms with Crippen molar-refractivity contribution in [2.24, 2.45) is 5.73 Å². The van der Waals surface area contributed by atoms with Crippen molar-refractivity contribution in [2.75, 3.05) is 24.5 Å². The molecule has 0 spiro atoms. The lowest BCUT2D eigenvalue weighted by Crippen LogP contribution is -2.21. The molecule has 1 heterocycles. The van der Waals surface area contributed by atoms with Crippen LogP contribution in [0.25, 0.3) is 11.0 Å². The average molecular weight is 246 g/mol. The number of aromatic nitrogens is 2. The molecule has 2 rings (SSSR count). The first-order chi connectivity index (χ1) is 8.78. The summed E-state index contributed by atoms with van der Waals surface area (Å²) < 4.78 is 0. The van der Waals surface area contributed by atoms with Gasteiger partial charge in [-0.25, -0.2) is 4.98 Å². The highest BCUT2D eigenvalue weighted by molar-refractivity contribution is 5.79. The Morgan fingerprint density at radius 3 is 2.72 bits per heavy atom. The number of H-pyrrole nitrogens is 1. The van der Waals surface area contributed by atoms with Gasteiger partial charge < -0.3 is 15.6 Å². The summed E-state index contributed by atoms with van der Waals surface area (Å²) in [6.45, 7) is 7.11. The quantitative estimate of drug-likeness (QED) is 0.822. The Bertz CT molecular complexity index is 499. The van der Waals surface area contributed by atoms with Gasteiger partial charge in [0.25, 0.3) is 0 Å². The molecule has 4 heteroatoms. The number of rotatable bonds is 6. The Balaban J connectivity index is 2.27. The molecule has 0 atom stereocenters. The van der Waals surface area contributed by atoms with Crippen molar-refractivity contribution in [3.8, 4) is 0 Å². The molecular formula is C14H22N4. The lowest BCUT2D eigenvalue weighted by Gasteiger charge is -2.20. The highest BCUT2D eigenvalue weighted by Crippen LogP contribution is 2.20. The minimum absolute atomic E-state index is 0.710. The molecule has 0 radical (unpaired) electrons. The van der Waals surface area contributed by atoms with Crippen molar-refractivity contribution >= 4 is 16.7 Å². The fraction of sp³-hybridized carbons (Fsp3) is 0.500. The third-order valence-electron chi connectivity index (χ3n) is 3.26. The molecule has 0 fully saturated rings. The van der Waals surface area contributed by atoms with Gasteiger partial charge in [0.15, 0.2) is 0 Å². The molecule has 0 bridgehead atoms. The van der Waals surface area contributed by atoms with E-state index in [0.29, 0.717) is 6.54 Å². The van der Waals surface area contributed by atoms with Crippen LogP contribution in [0.2, 0.25) is 0 Å². The van der Waals surface area contributed by atoms with E-state index in [0.717, 1.165) is 42.8 Å². The summed E-state index contributed by atoms with van der Waals surface area (Å²) in [5.41, 5.74) is 8.93. The van der Waals surface area contributed by atoms with Gasteiger partial charge in [0.1, 0.15) is 5.82 Å². The number of aryl methyl sites for hydroxylation is 1. The van der Waals surface area contributed by atoms with E-state index in [1.54, 1.807) is 0 Å². The van der Waals surface area contributed by atoms with E-state index in [2.05, 4.69) is 46.9 Å². The Labute approximate surface area is 108 Å². The molecule has 3 N–H and O–H groups in total. The van der Waals surface area contributed by atoms with Gasteiger partial charge >= 0.3 is 0 Å². The molecule has 1 aromatic carbocycles. The monoisotopic (exact) mass is 246 g/mol. The molecule has 98 valence electrons. The van der Waals surface area contributed by atoms with Crippen LogP contribution >= 0.6 is 0 Å². The number of nitrogens with zero attached hydrogens (tertiary/aromatic N) is 2. The Hall–Kier alpha value is -1.55. The first-order valence-corrected chi connectivity index (χ1v) is 6.72. The summed E-state index contributed by atoms with van der Waals surface area (Å²) in [6.07, 6.45) is 1.90. The highest BCUT2D eigenvalue weighted by Gasteiger charge is 2.06. The van der Waals surface area contributed by atoms with Crippen molar-refractivity contribution < 1.29 is 0 Å². The van der Waals surface area contributed by atoms with Crippen LogP contribution < -0.4 is 10.6 Å². The number of anilines is 1. The van der Waals surface area contributed by atoms with Crippen LogP contribution in [0.5, 0.6) is 0 Å². The SMILES string of the molecule is CCN(CC)c1ccc2nc(CCCN)[nH]c2c1. The van der Waals surface area contributed by atoms with Crippen molar-refractivity contribution in [2.45, 2.75) is 26.7 Å². The fourth-order valence-electron chi connectivity index (χ4n) is 2.22. The molecule has 4 nitrogen and oxygen atoms in total. The Kier molecular flexibility index (Phi) is 4.20. The van der Waals surface area contributed by atoms with Gasteiger partial charge in [-0.15, -0.1) is 0 Å². The van der Waals surface area contributed by atoms with Gasteiger partial charge in [0, 0.05) is 25.2 Å². The minimum Gasteiger partial charge on any atom is -0.372 e. The molecule has 0 aliphatic carbocycles. The van der Waals surface area contributed by atoms with Crippen LogP contribution in [0.15, 0.2) is 18.2 Å². The summed E-state index contributed by atoms with van der Waals surface area (Å²) in [5, 5.41) is 0. The average Bonchev–Trinajstić information content (AvgIpc) is 2.80. The second-order valence-corrected chi connectivity index (χ2v) is 4.45. The summed E-state index contributed by atoms with van der Waals surface area (Å²) in [4.78, 5) is 10.3. The van der Waals surface area contributed by atoms with Gasteiger partial charge in [-0.05, 0) is 45.0 Å². The number of hydrogen-bond acceptors (Lipinski definition) is 3. The molecule has 0 amide bonds. The second-order valence-electron chi connectivity index (χ2n) is 4.45.